The van der Waals surface area contributed by atoms with Crippen LogP contribution in [0.4, 0.5) is 20.6 Å². The molecule has 0 aliphatic heterocycles. The standard InChI is InChI=1S/C18H14FN5O5/c1-10-14(17(26)23(22-10)12-4-2-11(19)3-5-12)9-20-18(27)21-15-8-13(24(28)29)6-7-16(15)25/h2-9,22,25H,1H3,(H,21,27). The number of hydrogen-bond donors (Lipinski definition) is 3. The van der Waals surface area contributed by atoms with Crippen molar-refractivity contribution in [2.75, 3.05) is 5.32 Å². The van der Waals surface area contributed by atoms with Crippen LogP contribution in [0, 0.1) is 22.9 Å². The van der Waals surface area contributed by atoms with Gasteiger partial charge in [0.05, 0.1) is 21.9 Å². The highest BCUT2D eigenvalue weighted by Gasteiger charge is 2.14. The monoisotopic (exact) mass is 399 g/mol. The lowest BCUT2D eigenvalue weighted by atomic mass is 10.2. The van der Waals surface area contributed by atoms with Gasteiger partial charge in [-0.3, -0.25) is 20.0 Å². The molecule has 1 heterocycles. The summed E-state index contributed by atoms with van der Waals surface area (Å²) in [5.41, 5.74) is -0.141. The van der Waals surface area contributed by atoms with E-state index in [0.717, 1.165) is 24.4 Å². The number of aliphatic imine (C=N–C) groups is 1. The first-order chi connectivity index (χ1) is 13.8. The number of carbonyl (C=O) groups is 1. The second-order valence-electron chi connectivity index (χ2n) is 5.91. The Balaban J connectivity index is 1.82. The van der Waals surface area contributed by atoms with Crippen molar-refractivity contribution in [1.29, 1.82) is 0 Å². The maximum Gasteiger partial charge on any atom is 0.345 e. The number of phenolic OH excluding ortho intramolecular Hbond substituents is 1. The third-order valence-electron chi connectivity index (χ3n) is 3.95. The van der Waals surface area contributed by atoms with E-state index in [1.54, 1.807) is 6.92 Å². The molecular weight excluding hydrogens is 385 g/mol. The summed E-state index contributed by atoms with van der Waals surface area (Å²) in [6, 6.07) is 7.39. The van der Waals surface area contributed by atoms with Gasteiger partial charge in [-0.05, 0) is 37.3 Å². The molecule has 3 aromatic rings. The van der Waals surface area contributed by atoms with Gasteiger partial charge in [0.2, 0.25) is 0 Å². The summed E-state index contributed by atoms with van der Waals surface area (Å²) in [5.74, 6) is -0.830. The molecule has 0 bridgehead atoms. The molecule has 0 unspecified atom stereocenters. The minimum absolute atomic E-state index is 0.0905. The van der Waals surface area contributed by atoms with Gasteiger partial charge in [-0.25, -0.2) is 18.9 Å². The van der Waals surface area contributed by atoms with Gasteiger partial charge in [0.15, 0.2) is 0 Å². The molecule has 0 spiro atoms. The topological polar surface area (TPSA) is 143 Å². The summed E-state index contributed by atoms with van der Waals surface area (Å²) in [5, 5.41) is 25.5. The molecule has 0 aliphatic rings. The van der Waals surface area contributed by atoms with E-state index in [1.807, 2.05) is 0 Å². The van der Waals surface area contributed by atoms with Crippen LogP contribution in [0.15, 0.2) is 52.3 Å². The van der Waals surface area contributed by atoms with E-state index in [9.17, 15) is 29.2 Å². The fraction of sp³-hybridized carbons (Fsp3) is 0.0556. The minimum Gasteiger partial charge on any atom is -0.506 e. The highest BCUT2D eigenvalue weighted by atomic mass is 19.1. The van der Waals surface area contributed by atoms with Crippen molar-refractivity contribution in [2.24, 2.45) is 4.99 Å². The summed E-state index contributed by atoms with van der Waals surface area (Å²) in [6.07, 6.45) is 1.03. The zero-order valence-corrected chi connectivity index (χ0v) is 14.9. The number of aromatic hydroxyl groups is 1. The Kier molecular flexibility index (Phi) is 5.21. The maximum absolute atomic E-state index is 13.1. The van der Waals surface area contributed by atoms with Gasteiger partial charge >= 0.3 is 6.03 Å². The molecule has 0 aliphatic carbocycles. The van der Waals surface area contributed by atoms with Crippen LogP contribution >= 0.6 is 0 Å². The van der Waals surface area contributed by atoms with E-state index in [0.29, 0.717) is 11.4 Å². The largest absolute Gasteiger partial charge is 0.506 e. The number of rotatable bonds is 4. The number of non-ortho nitro benzene ring substituents is 1. The predicted octanol–water partition coefficient (Wildman–Crippen LogP) is 2.88. The fourth-order valence-corrected chi connectivity index (χ4v) is 2.49. The molecule has 3 rings (SSSR count). The first kappa shape index (κ1) is 19.5. The zero-order valence-electron chi connectivity index (χ0n) is 14.9. The average molecular weight is 399 g/mol. The van der Waals surface area contributed by atoms with Crippen molar-refractivity contribution < 1.29 is 19.2 Å². The van der Waals surface area contributed by atoms with Gasteiger partial charge < -0.3 is 10.4 Å². The van der Waals surface area contributed by atoms with Crippen LogP contribution in [0.3, 0.4) is 0 Å². The van der Waals surface area contributed by atoms with Crippen LogP contribution in [0.25, 0.3) is 5.69 Å². The summed E-state index contributed by atoms with van der Waals surface area (Å²) in [7, 11) is 0. The van der Waals surface area contributed by atoms with E-state index < -0.39 is 22.3 Å². The lowest BCUT2D eigenvalue weighted by Gasteiger charge is -2.04. The van der Waals surface area contributed by atoms with E-state index in [2.05, 4.69) is 15.4 Å². The number of aromatic amines is 1. The Bertz CT molecular complexity index is 1180. The smallest absolute Gasteiger partial charge is 0.345 e. The van der Waals surface area contributed by atoms with Gasteiger partial charge in [-0.2, -0.15) is 0 Å². The summed E-state index contributed by atoms with van der Waals surface area (Å²) in [6.45, 7) is 1.59. The summed E-state index contributed by atoms with van der Waals surface area (Å²) < 4.78 is 14.2. The fourth-order valence-electron chi connectivity index (χ4n) is 2.49. The average Bonchev–Trinajstić information content (AvgIpc) is 2.96. The van der Waals surface area contributed by atoms with Crippen molar-refractivity contribution in [2.45, 2.75) is 6.92 Å². The van der Waals surface area contributed by atoms with Crippen molar-refractivity contribution in [3.8, 4) is 11.4 Å². The van der Waals surface area contributed by atoms with Crippen LogP contribution in [0.1, 0.15) is 11.3 Å². The number of aromatic nitrogens is 2. The number of benzene rings is 2. The molecule has 1 aromatic heterocycles. The molecule has 0 radical (unpaired) electrons. The minimum atomic E-state index is -0.950. The van der Waals surface area contributed by atoms with Crippen LogP contribution in [0.2, 0.25) is 0 Å². The molecule has 29 heavy (non-hydrogen) atoms. The van der Waals surface area contributed by atoms with Gasteiger partial charge in [0.1, 0.15) is 11.6 Å². The van der Waals surface area contributed by atoms with Gasteiger partial charge in [-0.1, -0.05) is 0 Å². The Labute approximate surface area is 162 Å². The number of nitro benzene ring substituents is 1. The molecule has 0 atom stereocenters. The van der Waals surface area contributed by atoms with Crippen molar-refractivity contribution >= 4 is 23.6 Å². The molecule has 0 saturated carbocycles. The molecular formula is C18H14FN5O5. The second-order valence-corrected chi connectivity index (χ2v) is 5.91. The number of H-pyrrole nitrogens is 1. The number of aryl methyl sites for hydroxylation is 1. The van der Waals surface area contributed by atoms with Gasteiger partial charge in [-0.15, -0.1) is 0 Å². The third kappa shape index (κ3) is 4.18. The number of urea groups is 1. The molecule has 2 aromatic carbocycles. The summed E-state index contributed by atoms with van der Waals surface area (Å²) >= 11 is 0. The van der Waals surface area contributed by atoms with Gasteiger partial charge in [0, 0.05) is 24.0 Å². The number of phenols is 1. The first-order valence-electron chi connectivity index (χ1n) is 8.16. The highest BCUT2D eigenvalue weighted by molar-refractivity contribution is 5.99. The second kappa shape index (κ2) is 7.76. The molecule has 10 nitrogen and oxygen atoms in total. The molecule has 2 amide bonds. The SMILES string of the molecule is Cc1[nH]n(-c2ccc(F)cc2)c(=O)c1C=NC(=O)Nc1cc([N+](=O)[O-])ccc1O. The van der Waals surface area contributed by atoms with E-state index >= 15 is 0 Å². The zero-order chi connectivity index (χ0) is 21.1. The number of nitrogens with one attached hydrogen (secondary N) is 2. The Morgan fingerprint density at radius 3 is 2.66 bits per heavy atom. The number of carbonyl (C=O) groups excluding carboxylic acids is 1. The lowest BCUT2D eigenvalue weighted by molar-refractivity contribution is -0.384. The third-order valence-corrected chi connectivity index (χ3v) is 3.95. The predicted molar refractivity (Wildman–Crippen MR) is 102 cm³/mol. The molecule has 0 saturated heterocycles. The van der Waals surface area contributed by atoms with Gasteiger partial charge in [0.25, 0.3) is 11.2 Å². The summed E-state index contributed by atoms with van der Waals surface area (Å²) in [4.78, 5) is 38.2. The van der Waals surface area contributed by atoms with E-state index in [-0.39, 0.29) is 22.7 Å². The molecule has 11 heteroatoms. The Hall–Kier alpha value is -4.28. The lowest BCUT2D eigenvalue weighted by Crippen LogP contribution is -2.17. The Morgan fingerprint density at radius 1 is 1.31 bits per heavy atom. The number of nitrogens with zero attached hydrogens (tertiary/aromatic N) is 3. The highest BCUT2D eigenvalue weighted by Crippen LogP contribution is 2.27. The van der Waals surface area contributed by atoms with E-state index in [1.165, 1.54) is 28.9 Å². The molecule has 0 fully saturated rings. The number of hydrogen-bond acceptors (Lipinski definition) is 5. The van der Waals surface area contributed by atoms with Crippen molar-refractivity contribution in [3.63, 3.8) is 0 Å². The maximum atomic E-state index is 13.1. The van der Waals surface area contributed by atoms with Crippen molar-refractivity contribution in [1.82, 2.24) is 9.78 Å². The normalized spacial score (nSPS) is 11.0. The Morgan fingerprint density at radius 2 is 2.00 bits per heavy atom. The number of anilines is 1. The van der Waals surface area contributed by atoms with Crippen LogP contribution < -0.4 is 10.9 Å². The van der Waals surface area contributed by atoms with Crippen LogP contribution in [0.5, 0.6) is 5.75 Å². The van der Waals surface area contributed by atoms with Crippen molar-refractivity contribution in [3.05, 3.63) is 80.0 Å². The quantitative estimate of drug-likeness (QED) is 0.268. The number of amides is 2. The molecule has 148 valence electrons. The van der Waals surface area contributed by atoms with Crippen LogP contribution in [-0.2, 0) is 0 Å². The van der Waals surface area contributed by atoms with Crippen LogP contribution in [-0.4, -0.2) is 32.1 Å². The number of halogens is 1. The number of nitro groups is 1. The first-order valence-corrected chi connectivity index (χ1v) is 8.16. The van der Waals surface area contributed by atoms with E-state index in [4.69, 9.17) is 0 Å². The molecule has 3 N–H and O–H groups in total.